The van der Waals surface area contributed by atoms with Crippen molar-refractivity contribution in [2.24, 2.45) is 5.92 Å². The second-order valence-corrected chi connectivity index (χ2v) is 6.75. The van der Waals surface area contributed by atoms with Gasteiger partial charge in [0.05, 0.1) is 0 Å². The molecule has 3 nitrogen and oxygen atoms in total. The summed E-state index contributed by atoms with van der Waals surface area (Å²) in [5, 5.41) is 1.71. The third kappa shape index (κ3) is 3.21. The summed E-state index contributed by atoms with van der Waals surface area (Å²) in [6.45, 7) is 7.31. The van der Waals surface area contributed by atoms with Crippen molar-refractivity contribution in [3.63, 3.8) is 0 Å². The standard InChI is InChI=1S/C18H22ClNO2/c1-3-13-8-17-15(10-16(13)19)14(9-18(21)22-17)11-20-6-4-12(2)5-7-20/h8-10,12H,3-7,11H2,1-2H3. The largest absolute Gasteiger partial charge is 0.423 e. The van der Waals surface area contributed by atoms with Crippen LogP contribution in [-0.4, -0.2) is 18.0 Å². The number of aryl methyl sites for hydroxylation is 1. The van der Waals surface area contributed by atoms with Crippen LogP contribution in [0.3, 0.4) is 0 Å². The summed E-state index contributed by atoms with van der Waals surface area (Å²) >= 11 is 6.34. The number of fused-ring (bicyclic) bond motifs is 1. The van der Waals surface area contributed by atoms with Crippen molar-refractivity contribution in [2.75, 3.05) is 13.1 Å². The summed E-state index contributed by atoms with van der Waals surface area (Å²) in [7, 11) is 0. The summed E-state index contributed by atoms with van der Waals surface area (Å²) in [5.41, 5.74) is 2.40. The van der Waals surface area contributed by atoms with Gasteiger partial charge in [-0.1, -0.05) is 25.4 Å². The zero-order valence-corrected chi connectivity index (χ0v) is 13.9. The molecule has 118 valence electrons. The average Bonchev–Trinajstić information content (AvgIpc) is 2.49. The van der Waals surface area contributed by atoms with Crippen LogP contribution in [0.25, 0.3) is 11.0 Å². The van der Waals surface area contributed by atoms with E-state index in [1.165, 1.54) is 12.8 Å². The first kappa shape index (κ1) is 15.6. The molecule has 0 aliphatic carbocycles. The number of hydrogen-bond acceptors (Lipinski definition) is 3. The molecule has 2 heterocycles. The molecule has 0 unspecified atom stereocenters. The number of piperidine rings is 1. The van der Waals surface area contributed by atoms with Crippen LogP contribution in [0.15, 0.2) is 27.4 Å². The van der Waals surface area contributed by atoms with E-state index in [1.807, 2.05) is 19.1 Å². The van der Waals surface area contributed by atoms with Crippen LogP contribution in [0, 0.1) is 5.92 Å². The third-order valence-electron chi connectivity index (χ3n) is 4.65. The molecule has 0 bridgehead atoms. The minimum absolute atomic E-state index is 0.280. The fourth-order valence-electron chi connectivity index (χ4n) is 3.15. The Bertz CT molecular complexity index is 730. The molecule has 1 fully saturated rings. The summed E-state index contributed by atoms with van der Waals surface area (Å²) in [4.78, 5) is 14.3. The van der Waals surface area contributed by atoms with Gasteiger partial charge in [-0.2, -0.15) is 0 Å². The van der Waals surface area contributed by atoms with Gasteiger partial charge in [-0.25, -0.2) is 4.79 Å². The fourth-order valence-corrected chi connectivity index (χ4v) is 3.45. The van der Waals surface area contributed by atoms with Crippen molar-refractivity contribution in [1.82, 2.24) is 4.90 Å². The van der Waals surface area contributed by atoms with Crippen molar-refractivity contribution in [1.29, 1.82) is 0 Å². The molecule has 4 heteroatoms. The summed E-state index contributed by atoms with van der Waals surface area (Å²) in [5.74, 6) is 0.801. The first-order chi connectivity index (χ1) is 10.6. The van der Waals surface area contributed by atoms with Crippen LogP contribution in [0.1, 0.15) is 37.8 Å². The molecule has 3 rings (SSSR count). The first-order valence-corrected chi connectivity index (χ1v) is 8.42. The Morgan fingerprint density at radius 3 is 2.64 bits per heavy atom. The van der Waals surface area contributed by atoms with Gasteiger partial charge in [0.25, 0.3) is 0 Å². The van der Waals surface area contributed by atoms with E-state index in [9.17, 15) is 4.79 Å². The van der Waals surface area contributed by atoms with Gasteiger partial charge in [-0.15, -0.1) is 0 Å². The molecule has 1 aromatic carbocycles. The molecular weight excluding hydrogens is 298 g/mol. The van der Waals surface area contributed by atoms with Gasteiger partial charge in [0, 0.05) is 23.0 Å². The molecule has 1 aliphatic rings. The molecule has 1 saturated heterocycles. The second-order valence-electron chi connectivity index (χ2n) is 6.34. The second kappa shape index (κ2) is 6.43. The Kier molecular flexibility index (Phi) is 4.55. The zero-order chi connectivity index (χ0) is 15.7. The normalized spacial score (nSPS) is 17.2. The van der Waals surface area contributed by atoms with Gasteiger partial charge in [0.2, 0.25) is 0 Å². The number of benzene rings is 1. The molecule has 1 aliphatic heterocycles. The van der Waals surface area contributed by atoms with Crippen LogP contribution >= 0.6 is 11.6 Å². The fraction of sp³-hybridized carbons (Fsp3) is 0.500. The molecule has 22 heavy (non-hydrogen) atoms. The Morgan fingerprint density at radius 1 is 1.23 bits per heavy atom. The van der Waals surface area contributed by atoms with E-state index >= 15 is 0 Å². The van der Waals surface area contributed by atoms with Crippen molar-refractivity contribution >= 4 is 22.6 Å². The van der Waals surface area contributed by atoms with Crippen molar-refractivity contribution < 1.29 is 4.42 Å². The van der Waals surface area contributed by atoms with Crippen LogP contribution in [0.2, 0.25) is 5.02 Å². The number of nitrogens with zero attached hydrogens (tertiary/aromatic N) is 1. The van der Waals surface area contributed by atoms with E-state index in [2.05, 4.69) is 11.8 Å². The molecule has 0 amide bonds. The lowest BCUT2D eigenvalue weighted by atomic mass is 9.98. The summed E-state index contributed by atoms with van der Waals surface area (Å²) in [6, 6.07) is 5.46. The van der Waals surface area contributed by atoms with Crippen molar-refractivity contribution in [3.05, 3.63) is 44.8 Å². The molecule has 0 N–H and O–H groups in total. The lowest BCUT2D eigenvalue weighted by Gasteiger charge is -2.30. The molecule has 0 atom stereocenters. The number of halogens is 1. The Labute approximate surface area is 135 Å². The molecule has 1 aromatic heterocycles. The maximum atomic E-state index is 11.9. The first-order valence-electron chi connectivity index (χ1n) is 8.04. The van der Waals surface area contributed by atoms with Crippen LogP contribution in [-0.2, 0) is 13.0 Å². The minimum Gasteiger partial charge on any atom is -0.423 e. The van der Waals surface area contributed by atoms with E-state index in [1.54, 1.807) is 6.07 Å². The van der Waals surface area contributed by atoms with Gasteiger partial charge in [-0.3, -0.25) is 4.90 Å². The van der Waals surface area contributed by atoms with Crippen LogP contribution in [0.4, 0.5) is 0 Å². The highest BCUT2D eigenvalue weighted by Crippen LogP contribution is 2.27. The zero-order valence-electron chi connectivity index (χ0n) is 13.2. The smallest absolute Gasteiger partial charge is 0.336 e. The monoisotopic (exact) mass is 319 g/mol. The lowest BCUT2D eigenvalue weighted by molar-refractivity contribution is 0.185. The van der Waals surface area contributed by atoms with E-state index in [0.717, 1.165) is 53.5 Å². The van der Waals surface area contributed by atoms with Crippen molar-refractivity contribution in [2.45, 2.75) is 39.7 Å². The molecule has 2 aromatic rings. The third-order valence-corrected chi connectivity index (χ3v) is 5.00. The topological polar surface area (TPSA) is 33.5 Å². The predicted molar refractivity (Wildman–Crippen MR) is 90.5 cm³/mol. The maximum Gasteiger partial charge on any atom is 0.336 e. The van der Waals surface area contributed by atoms with E-state index < -0.39 is 0 Å². The van der Waals surface area contributed by atoms with E-state index in [-0.39, 0.29) is 5.63 Å². The Balaban J connectivity index is 1.98. The quantitative estimate of drug-likeness (QED) is 0.793. The predicted octanol–water partition coefficient (Wildman–Crippen LogP) is 4.24. The molecular formula is C18H22ClNO2. The summed E-state index contributed by atoms with van der Waals surface area (Å²) in [6.07, 6.45) is 3.27. The number of hydrogen-bond donors (Lipinski definition) is 0. The molecule has 0 saturated carbocycles. The summed E-state index contributed by atoms with van der Waals surface area (Å²) < 4.78 is 5.37. The van der Waals surface area contributed by atoms with Crippen LogP contribution in [0.5, 0.6) is 0 Å². The van der Waals surface area contributed by atoms with Gasteiger partial charge in [-0.05, 0) is 61.5 Å². The van der Waals surface area contributed by atoms with E-state index in [0.29, 0.717) is 5.58 Å². The van der Waals surface area contributed by atoms with Gasteiger partial charge < -0.3 is 4.42 Å². The number of likely N-dealkylation sites (tertiary alicyclic amines) is 1. The minimum atomic E-state index is -0.280. The SMILES string of the molecule is CCc1cc2oc(=O)cc(CN3CCC(C)CC3)c2cc1Cl. The van der Waals surface area contributed by atoms with Gasteiger partial charge in [0.1, 0.15) is 5.58 Å². The Morgan fingerprint density at radius 2 is 1.95 bits per heavy atom. The number of rotatable bonds is 3. The molecule has 0 radical (unpaired) electrons. The maximum absolute atomic E-state index is 11.9. The highest BCUT2D eigenvalue weighted by molar-refractivity contribution is 6.32. The van der Waals surface area contributed by atoms with Gasteiger partial charge in [0.15, 0.2) is 0 Å². The highest BCUT2D eigenvalue weighted by Gasteiger charge is 2.18. The lowest BCUT2D eigenvalue weighted by Crippen LogP contribution is -2.32. The van der Waals surface area contributed by atoms with E-state index in [4.69, 9.17) is 16.0 Å². The Hall–Kier alpha value is -1.32. The van der Waals surface area contributed by atoms with Gasteiger partial charge >= 0.3 is 5.63 Å². The van der Waals surface area contributed by atoms with Crippen LogP contribution < -0.4 is 5.63 Å². The highest BCUT2D eigenvalue weighted by atomic mass is 35.5. The average molecular weight is 320 g/mol. The molecule has 0 spiro atoms. The van der Waals surface area contributed by atoms with Crippen molar-refractivity contribution in [3.8, 4) is 0 Å².